The largest absolute Gasteiger partial charge is 0.309 e. The maximum Gasteiger partial charge on any atom is 0.0543 e. The number of nitrogens with zero attached hydrogens (tertiary/aromatic N) is 1. The van der Waals surface area contributed by atoms with Gasteiger partial charge < -0.3 is 4.90 Å². The van der Waals surface area contributed by atoms with E-state index in [0.29, 0.717) is 0 Å². The van der Waals surface area contributed by atoms with Crippen LogP contribution in [0.25, 0.3) is 50.1 Å². The molecule has 0 saturated heterocycles. The zero-order valence-corrected chi connectivity index (χ0v) is 34.4. The van der Waals surface area contributed by atoms with Crippen molar-refractivity contribution in [2.24, 2.45) is 0 Å². The van der Waals surface area contributed by atoms with Gasteiger partial charge in [0.2, 0.25) is 0 Å². The molecule has 0 atom stereocenters. The second-order valence-corrected chi connectivity index (χ2v) is 18.4. The summed E-state index contributed by atoms with van der Waals surface area (Å²) in [5.41, 5.74) is 24.7. The summed E-state index contributed by atoms with van der Waals surface area (Å²) in [5, 5.41) is 0. The normalized spacial score (nSPS) is 16.8. The van der Waals surface area contributed by atoms with Gasteiger partial charge in [0.15, 0.2) is 0 Å². The molecule has 0 spiro atoms. The van der Waals surface area contributed by atoms with E-state index >= 15 is 0 Å². The topological polar surface area (TPSA) is 3.24 Å². The van der Waals surface area contributed by atoms with Crippen molar-refractivity contribution in [2.45, 2.75) is 70.6 Å². The summed E-state index contributed by atoms with van der Waals surface area (Å²) in [6.07, 6.45) is 9.26. The summed E-state index contributed by atoms with van der Waals surface area (Å²) in [5.74, 6) is 0. The average molecular weight is 748 g/mol. The fraction of sp³-hybridized carbons (Fsp3) is 0.193. The molecular formula is C57H49N. The minimum absolute atomic E-state index is 0.120. The van der Waals surface area contributed by atoms with Gasteiger partial charge in [0.1, 0.15) is 0 Å². The third kappa shape index (κ3) is 4.89. The van der Waals surface area contributed by atoms with Crippen LogP contribution in [-0.2, 0) is 16.2 Å². The molecule has 4 aliphatic rings. The Kier molecular flexibility index (Phi) is 7.49. The second kappa shape index (κ2) is 12.4. The Morgan fingerprint density at radius 1 is 0.397 bits per heavy atom. The molecule has 0 aromatic heterocycles. The van der Waals surface area contributed by atoms with Gasteiger partial charge in [0, 0.05) is 33.1 Å². The Bertz CT molecular complexity index is 2910. The van der Waals surface area contributed by atoms with E-state index in [1.807, 2.05) is 0 Å². The van der Waals surface area contributed by atoms with Crippen molar-refractivity contribution in [1.82, 2.24) is 0 Å². The van der Waals surface area contributed by atoms with Gasteiger partial charge in [-0.2, -0.15) is 0 Å². The Morgan fingerprint density at radius 2 is 0.983 bits per heavy atom. The van der Waals surface area contributed by atoms with Crippen molar-refractivity contribution in [3.8, 4) is 44.5 Å². The van der Waals surface area contributed by atoms with Crippen molar-refractivity contribution < 1.29 is 0 Å². The smallest absolute Gasteiger partial charge is 0.0543 e. The van der Waals surface area contributed by atoms with Crippen LogP contribution in [0, 0.1) is 0 Å². The first-order valence-corrected chi connectivity index (χ1v) is 21.1. The highest BCUT2D eigenvalue weighted by Gasteiger charge is 2.44. The molecule has 282 valence electrons. The molecule has 1 heteroatoms. The zero-order chi connectivity index (χ0) is 39.6. The molecule has 0 amide bonds. The van der Waals surface area contributed by atoms with Gasteiger partial charge in [-0.1, -0.05) is 163 Å². The lowest BCUT2D eigenvalue weighted by atomic mass is 9.79. The number of hydrogen-bond acceptors (Lipinski definition) is 1. The molecule has 11 rings (SSSR count). The van der Waals surface area contributed by atoms with Crippen LogP contribution in [0.3, 0.4) is 0 Å². The van der Waals surface area contributed by atoms with E-state index in [4.69, 9.17) is 0 Å². The Balaban J connectivity index is 1.14. The number of benzene rings is 7. The summed E-state index contributed by atoms with van der Waals surface area (Å²) in [7, 11) is 0. The summed E-state index contributed by atoms with van der Waals surface area (Å²) in [4.78, 5) is 2.57. The maximum atomic E-state index is 2.57. The number of rotatable bonds is 5. The molecule has 4 aliphatic carbocycles. The van der Waals surface area contributed by atoms with Crippen LogP contribution in [0.5, 0.6) is 0 Å². The van der Waals surface area contributed by atoms with Crippen molar-refractivity contribution >= 4 is 22.6 Å². The molecule has 58 heavy (non-hydrogen) atoms. The molecule has 0 bridgehead atoms. The molecule has 0 radical (unpaired) electrons. The Morgan fingerprint density at radius 3 is 1.79 bits per heavy atom. The average Bonchev–Trinajstić information content (AvgIpc) is 3.73. The van der Waals surface area contributed by atoms with Crippen LogP contribution >= 0.6 is 0 Å². The fourth-order valence-electron chi connectivity index (χ4n) is 11.0. The maximum absolute atomic E-state index is 2.57. The third-order valence-corrected chi connectivity index (χ3v) is 14.1. The minimum Gasteiger partial charge on any atom is -0.309 e. The van der Waals surface area contributed by atoms with Crippen LogP contribution in [0.15, 0.2) is 164 Å². The Hall–Kier alpha value is -6.18. The van der Waals surface area contributed by atoms with Gasteiger partial charge in [-0.3, -0.25) is 0 Å². The lowest BCUT2D eigenvalue weighted by Gasteiger charge is -2.32. The highest BCUT2D eigenvalue weighted by molar-refractivity contribution is 6.00. The van der Waals surface area contributed by atoms with Crippen LogP contribution in [0.4, 0.5) is 17.1 Å². The standard InChI is InChI=1S/C57H49N/c1-55(2)46-24-15-13-23-41(46)42-31-29-39(33-49(42)55)58(52-26-16-14-22-40(52)37-20-11-8-12-21-37)53-27-17-25-47-54(53)45-35-50-44(34-51(45)56(47,3)4)43-30-28-38(32-48(43)57(50,5)6)36-18-9-7-10-19-36/h8-9,11-35H,7,10H2,1-6H3. The van der Waals surface area contributed by atoms with E-state index in [-0.39, 0.29) is 16.2 Å². The monoisotopic (exact) mass is 747 g/mol. The SMILES string of the molecule is CC1(C)c2ccccc2-c2ccc(N(c3ccccc3-c3ccccc3)c3cccc4c3-c3cc5c(cc3C4(C)C)-c3ccc(C4=CCCC=C4)cc3C5(C)C)cc21. The molecule has 0 heterocycles. The first-order valence-electron chi connectivity index (χ1n) is 21.1. The van der Waals surface area contributed by atoms with Crippen molar-refractivity contribution in [3.63, 3.8) is 0 Å². The molecule has 0 unspecified atom stereocenters. The first kappa shape index (κ1) is 35.0. The van der Waals surface area contributed by atoms with Crippen LogP contribution < -0.4 is 4.90 Å². The van der Waals surface area contributed by atoms with Crippen LogP contribution in [0.2, 0.25) is 0 Å². The van der Waals surface area contributed by atoms with E-state index in [1.165, 1.54) is 106 Å². The molecular weight excluding hydrogens is 699 g/mol. The number of fused-ring (bicyclic) bond motifs is 9. The molecule has 0 N–H and O–H groups in total. The van der Waals surface area contributed by atoms with Gasteiger partial charge in [0.05, 0.1) is 11.4 Å². The van der Waals surface area contributed by atoms with Crippen molar-refractivity contribution in [2.75, 3.05) is 4.90 Å². The van der Waals surface area contributed by atoms with E-state index in [2.05, 4.69) is 210 Å². The first-order chi connectivity index (χ1) is 28.0. The molecule has 0 aliphatic heterocycles. The number of para-hydroxylation sites is 1. The fourth-order valence-corrected chi connectivity index (χ4v) is 11.0. The summed E-state index contributed by atoms with van der Waals surface area (Å²) in [6.45, 7) is 14.5. The van der Waals surface area contributed by atoms with Crippen LogP contribution in [0.1, 0.15) is 93.3 Å². The minimum atomic E-state index is -0.188. The summed E-state index contributed by atoms with van der Waals surface area (Å²) in [6, 6.07) is 55.4. The van der Waals surface area contributed by atoms with Crippen molar-refractivity contribution in [3.05, 3.63) is 203 Å². The predicted octanol–water partition coefficient (Wildman–Crippen LogP) is 15.5. The summed E-state index contributed by atoms with van der Waals surface area (Å²) < 4.78 is 0. The predicted molar refractivity (Wildman–Crippen MR) is 246 cm³/mol. The number of allylic oxidation sites excluding steroid dienone is 4. The van der Waals surface area contributed by atoms with Crippen LogP contribution in [-0.4, -0.2) is 0 Å². The van der Waals surface area contributed by atoms with E-state index in [9.17, 15) is 0 Å². The highest BCUT2D eigenvalue weighted by Crippen LogP contribution is 2.60. The molecule has 0 saturated carbocycles. The number of hydrogen-bond donors (Lipinski definition) is 0. The molecule has 1 nitrogen and oxygen atoms in total. The van der Waals surface area contributed by atoms with Gasteiger partial charge in [0.25, 0.3) is 0 Å². The number of anilines is 3. The van der Waals surface area contributed by atoms with Gasteiger partial charge >= 0.3 is 0 Å². The molecule has 7 aromatic rings. The summed E-state index contributed by atoms with van der Waals surface area (Å²) >= 11 is 0. The van der Waals surface area contributed by atoms with E-state index in [0.717, 1.165) is 12.8 Å². The van der Waals surface area contributed by atoms with Gasteiger partial charge in [-0.15, -0.1) is 0 Å². The van der Waals surface area contributed by atoms with Gasteiger partial charge in [-0.25, -0.2) is 0 Å². The Labute approximate surface area is 344 Å². The van der Waals surface area contributed by atoms with Gasteiger partial charge in [-0.05, 0) is 133 Å². The zero-order valence-electron chi connectivity index (χ0n) is 34.4. The molecule has 7 aromatic carbocycles. The highest BCUT2D eigenvalue weighted by atomic mass is 15.1. The third-order valence-electron chi connectivity index (χ3n) is 14.1. The lowest BCUT2D eigenvalue weighted by Crippen LogP contribution is -2.18. The lowest BCUT2D eigenvalue weighted by molar-refractivity contribution is 0.652. The van der Waals surface area contributed by atoms with E-state index < -0.39 is 0 Å². The van der Waals surface area contributed by atoms with Crippen molar-refractivity contribution in [1.29, 1.82) is 0 Å². The quantitative estimate of drug-likeness (QED) is 0.169. The van der Waals surface area contributed by atoms with E-state index in [1.54, 1.807) is 0 Å². The second-order valence-electron chi connectivity index (χ2n) is 18.4. The molecule has 0 fully saturated rings.